The number of carbonyl (C=O) groups excluding carboxylic acids is 1. The molecule has 2 amide bonds. The van der Waals surface area contributed by atoms with E-state index in [9.17, 15) is 4.79 Å². The zero-order valence-electron chi connectivity index (χ0n) is 16.6. The number of rotatable bonds is 3. The number of anilines is 1. The number of ether oxygens (including phenoxy) is 2. The summed E-state index contributed by atoms with van der Waals surface area (Å²) in [4.78, 5) is 24.0. The lowest BCUT2D eigenvalue weighted by molar-refractivity contribution is 0.157. The Morgan fingerprint density at radius 2 is 2.11 bits per heavy atom. The van der Waals surface area contributed by atoms with Crippen molar-refractivity contribution >= 4 is 11.7 Å². The maximum absolute atomic E-state index is 13.0. The molecule has 148 valence electrons. The second kappa shape index (κ2) is 7.30. The van der Waals surface area contributed by atoms with E-state index in [-0.39, 0.29) is 11.4 Å². The maximum atomic E-state index is 13.0. The van der Waals surface area contributed by atoms with Crippen LogP contribution in [0.25, 0.3) is 0 Å². The minimum Gasteiger partial charge on any atom is -0.497 e. The number of nitrogens with zero attached hydrogens (tertiary/aromatic N) is 3. The molecule has 28 heavy (non-hydrogen) atoms. The van der Waals surface area contributed by atoms with Crippen LogP contribution in [0.15, 0.2) is 24.4 Å². The maximum Gasteiger partial charge on any atom is 0.321 e. The summed E-state index contributed by atoms with van der Waals surface area (Å²) >= 11 is 0. The Morgan fingerprint density at radius 3 is 2.89 bits per heavy atom. The molecular formula is C21H26N4O3. The van der Waals surface area contributed by atoms with E-state index in [0.717, 1.165) is 43.7 Å². The first kappa shape index (κ1) is 18.5. The van der Waals surface area contributed by atoms with E-state index >= 15 is 0 Å². The molecule has 1 N–H and O–H groups in total. The van der Waals surface area contributed by atoms with Crippen molar-refractivity contribution in [2.45, 2.75) is 38.0 Å². The van der Waals surface area contributed by atoms with Gasteiger partial charge < -0.3 is 19.7 Å². The normalized spacial score (nSPS) is 20.8. The lowest BCUT2D eigenvalue weighted by atomic mass is 9.77. The average molecular weight is 382 g/mol. The van der Waals surface area contributed by atoms with Gasteiger partial charge in [-0.25, -0.2) is 14.8 Å². The number of piperidine rings is 1. The molecule has 2 aromatic rings. The van der Waals surface area contributed by atoms with Gasteiger partial charge in [0.15, 0.2) is 0 Å². The quantitative estimate of drug-likeness (QED) is 0.881. The number of amides is 2. The summed E-state index contributed by atoms with van der Waals surface area (Å²) in [6.07, 6.45) is 5.97. The minimum absolute atomic E-state index is 0.0584. The summed E-state index contributed by atoms with van der Waals surface area (Å²) in [5.41, 5.74) is 2.91. The van der Waals surface area contributed by atoms with Gasteiger partial charge in [0.1, 0.15) is 17.3 Å². The number of methoxy groups -OCH3 is 2. The molecule has 2 heterocycles. The number of nitrogens with one attached hydrogen (secondary N) is 1. The van der Waals surface area contributed by atoms with Crippen molar-refractivity contribution in [3.8, 4) is 11.5 Å². The van der Waals surface area contributed by atoms with Crippen LogP contribution in [0, 0.1) is 6.92 Å². The Hall–Kier alpha value is -2.83. The van der Waals surface area contributed by atoms with Gasteiger partial charge >= 0.3 is 6.03 Å². The Bertz CT molecular complexity index is 897. The molecule has 1 saturated heterocycles. The van der Waals surface area contributed by atoms with E-state index in [1.165, 1.54) is 5.56 Å². The van der Waals surface area contributed by atoms with Crippen molar-refractivity contribution in [3.63, 3.8) is 0 Å². The third kappa shape index (κ3) is 3.25. The predicted molar refractivity (Wildman–Crippen MR) is 106 cm³/mol. The number of carbonyl (C=O) groups is 1. The highest BCUT2D eigenvalue weighted by Gasteiger charge is 2.44. The monoisotopic (exact) mass is 382 g/mol. The average Bonchev–Trinajstić information content (AvgIpc) is 3.05. The lowest BCUT2D eigenvalue weighted by Crippen LogP contribution is -2.49. The van der Waals surface area contributed by atoms with E-state index in [1.807, 2.05) is 24.1 Å². The number of hydrogen-bond acceptors (Lipinski definition) is 5. The fraction of sp³-hybridized carbons (Fsp3) is 0.476. The summed E-state index contributed by atoms with van der Waals surface area (Å²) < 4.78 is 10.7. The Morgan fingerprint density at radius 1 is 1.25 bits per heavy atom. The molecule has 1 fully saturated rings. The minimum atomic E-state index is -0.121. The summed E-state index contributed by atoms with van der Waals surface area (Å²) in [5.74, 6) is 2.07. The highest BCUT2D eigenvalue weighted by atomic mass is 16.5. The number of aromatic nitrogens is 2. The lowest BCUT2D eigenvalue weighted by Gasteiger charge is -2.40. The number of aryl methyl sites for hydroxylation is 2. The van der Waals surface area contributed by atoms with Crippen LogP contribution < -0.4 is 14.8 Å². The molecule has 7 heteroatoms. The van der Waals surface area contributed by atoms with Gasteiger partial charge in [-0.2, -0.15) is 0 Å². The fourth-order valence-corrected chi connectivity index (χ4v) is 4.44. The van der Waals surface area contributed by atoms with Crippen molar-refractivity contribution < 1.29 is 14.3 Å². The van der Waals surface area contributed by atoms with Crippen molar-refractivity contribution in [2.75, 3.05) is 32.6 Å². The second-order valence-electron chi connectivity index (χ2n) is 7.59. The van der Waals surface area contributed by atoms with Crippen LogP contribution in [0.3, 0.4) is 0 Å². The van der Waals surface area contributed by atoms with Gasteiger partial charge in [-0.3, -0.25) is 0 Å². The summed E-state index contributed by atoms with van der Waals surface area (Å²) in [5, 5.41) is 3.00. The van der Waals surface area contributed by atoms with E-state index in [1.54, 1.807) is 26.4 Å². The van der Waals surface area contributed by atoms with Gasteiger partial charge in [0.2, 0.25) is 0 Å². The van der Waals surface area contributed by atoms with Crippen LogP contribution in [0.2, 0.25) is 0 Å². The molecule has 0 bridgehead atoms. The van der Waals surface area contributed by atoms with Gasteiger partial charge in [0.05, 0.1) is 25.6 Å². The van der Waals surface area contributed by atoms with Gasteiger partial charge in [-0.05, 0) is 50.3 Å². The molecule has 1 aromatic carbocycles. The Kier molecular flexibility index (Phi) is 4.83. The first-order valence-corrected chi connectivity index (χ1v) is 9.65. The van der Waals surface area contributed by atoms with Crippen molar-refractivity contribution in [1.29, 1.82) is 0 Å². The number of urea groups is 1. The molecule has 0 saturated carbocycles. The second-order valence-corrected chi connectivity index (χ2v) is 7.59. The van der Waals surface area contributed by atoms with Crippen LogP contribution in [0.4, 0.5) is 10.5 Å². The number of benzene rings is 1. The van der Waals surface area contributed by atoms with Crippen LogP contribution >= 0.6 is 0 Å². The molecule has 1 aromatic heterocycles. The van der Waals surface area contributed by atoms with Crippen molar-refractivity contribution in [3.05, 3.63) is 41.5 Å². The van der Waals surface area contributed by atoms with Crippen LogP contribution in [0.5, 0.6) is 11.5 Å². The number of hydrogen-bond donors (Lipinski definition) is 1. The van der Waals surface area contributed by atoms with E-state index in [0.29, 0.717) is 23.7 Å². The fourth-order valence-electron chi connectivity index (χ4n) is 4.44. The summed E-state index contributed by atoms with van der Waals surface area (Å²) in [6, 6.07) is 5.25. The third-order valence-corrected chi connectivity index (χ3v) is 5.87. The molecule has 1 unspecified atom stereocenters. The summed E-state index contributed by atoms with van der Waals surface area (Å²) in [7, 11) is 3.19. The number of likely N-dealkylation sites (tertiary alicyclic amines) is 1. The largest absolute Gasteiger partial charge is 0.497 e. The topological polar surface area (TPSA) is 76.6 Å². The molecule has 1 spiro atoms. The van der Waals surface area contributed by atoms with E-state index in [2.05, 4.69) is 10.3 Å². The SMILES string of the molecule is COc1ccc(OC)c(NC(=O)N2CCCC3(CCc4cnc(C)nc43)C2)c1. The van der Waals surface area contributed by atoms with Gasteiger partial charge in [-0.15, -0.1) is 0 Å². The molecule has 2 aliphatic rings. The Labute approximate surface area is 165 Å². The highest BCUT2D eigenvalue weighted by Crippen LogP contribution is 2.44. The highest BCUT2D eigenvalue weighted by molar-refractivity contribution is 5.91. The first-order valence-electron chi connectivity index (χ1n) is 9.65. The molecule has 1 atom stereocenters. The molecule has 0 radical (unpaired) electrons. The van der Waals surface area contributed by atoms with E-state index in [4.69, 9.17) is 14.5 Å². The standard InChI is InChI=1S/C21H26N4O3/c1-14-22-12-15-7-9-21(19(15)23-14)8-4-10-25(13-21)20(26)24-17-11-16(27-2)5-6-18(17)28-3/h5-6,11-12H,4,7-10,13H2,1-3H3,(H,24,26). The van der Waals surface area contributed by atoms with Crippen LogP contribution in [-0.2, 0) is 11.8 Å². The predicted octanol–water partition coefficient (Wildman–Crippen LogP) is 3.31. The molecule has 4 rings (SSSR count). The number of fused-ring (bicyclic) bond motifs is 2. The van der Waals surface area contributed by atoms with Gasteiger partial charge in [-0.1, -0.05) is 0 Å². The molecule has 1 aliphatic heterocycles. The zero-order chi connectivity index (χ0) is 19.7. The van der Waals surface area contributed by atoms with Crippen molar-refractivity contribution in [2.24, 2.45) is 0 Å². The first-order chi connectivity index (χ1) is 13.5. The van der Waals surface area contributed by atoms with Gasteiger partial charge in [0, 0.05) is 30.8 Å². The smallest absolute Gasteiger partial charge is 0.321 e. The molecular weight excluding hydrogens is 356 g/mol. The summed E-state index contributed by atoms with van der Waals surface area (Å²) in [6.45, 7) is 3.34. The van der Waals surface area contributed by atoms with Crippen LogP contribution in [0.1, 0.15) is 36.3 Å². The Balaban J connectivity index is 1.55. The third-order valence-electron chi connectivity index (χ3n) is 5.87. The zero-order valence-corrected chi connectivity index (χ0v) is 16.6. The van der Waals surface area contributed by atoms with E-state index < -0.39 is 0 Å². The molecule has 7 nitrogen and oxygen atoms in total. The van der Waals surface area contributed by atoms with Crippen molar-refractivity contribution in [1.82, 2.24) is 14.9 Å². The molecule has 1 aliphatic carbocycles. The van der Waals surface area contributed by atoms with Crippen LogP contribution in [-0.4, -0.2) is 48.2 Å². The van der Waals surface area contributed by atoms with Gasteiger partial charge in [0.25, 0.3) is 0 Å².